The van der Waals surface area contributed by atoms with Gasteiger partial charge >= 0.3 is 5.97 Å². The lowest BCUT2D eigenvalue weighted by molar-refractivity contribution is -0.144. The number of hydrogen-bond acceptors (Lipinski definition) is 4. The number of rotatable bonds is 6. The van der Waals surface area contributed by atoms with Crippen LogP contribution in [0.1, 0.15) is 26.1 Å². The van der Waals surface area contributed by atoms with Crippen LogP contribution in [0.3, 0.4) is 0 Å². The van der Waals surface area contributed by atoms with E-state index in [2.05, 4.69) is 22.2 Å². The highest BCUT2D eigenvalue weighted by Gasteiger charge is 2.24. The first-order chi connectivity index (χ1) is 7.69. The van der Waals surface area contributed by atoms with Gasteiger partial charge in [0.2, 0.25) is 0 Å². The van der Waals surface area contributed by atoms with Crippen LogP contribution in [-0.2, 0) is 16.1 Å². The Labute approximate surface area is 95.6 Å². The molecule has 0 aliphatic heterocycles. The number of aromatic amines is 1. The molecule has 90 valence electrons. The number of nitrogens with one attached hydrogen (secondary N) is 2. The van der Waals surface area contributed by atoms with Gasteiger partial charge in [-0.2, -0.15) is 0 Å². The molecule has 0 saturated carbocycles. The fourth-order valence-electron chi connectivity index (χ4n) is 1.48. The Morgan fingerprint density at radius 3 is 2.94 bits per heavy atom. The lowest BCUT2D eigenvalue weighted by Crippen LogP contribution is -2.42. The van der Waals surface area contributed by atoms with Crippen molar-refractivity contribution in [3.05, 3.63) is 18.2 Å². The molecule has 0 spiro atoms. The third kappa shape index (κ3) is 3.34. The Balaban J connectivity index is 2.53. The predicted molar refractivity (Wildman–Crippen MR) is 60.7 cm³/mol. The van der Waals surface area contributed by atoms with Gasteiger partial charge in [-0.25, -0.2) is 4.98 Å². The summed E-state index contributed by atoms with van der Waals surface area (Å²) < 4.78 is 4.77. The van der Waals surface area contributed by atoms with Crippen LogP contribution in [0.2, 0.25) is 0 Å². The summed E-state index contributed by atoms with van der Waals surface area (Å²) in [4.78, 5) is 18.6. The molecule has 0 bridgehead atoms. The fraction of sp³-hybridized carbons (Fsp3) is 0.636. The number of esters is 1. The Bertz CT molecular complexity index is 311. The molecule has 2 unspecified atom stereocenters. The molecule has 5 heteroatoms. The summed E-state index contributed by atoms with van der Waals surface area (Å²) in [5.41, 5.74) is 0. The second-order valence-corrected chi connectivity index (χ2v) is 3.80. The lowest BCUT2D eigenvalue weighted by Gasteiger charge is -2.21. The van der Waals surface area contributed by atoms with Crippen LogP contribution in [0.25, 0.3) is 0 Å². The molecule has 5 nitrogen and oxygen atoms in total. The van der Waals surface area contributed by atoms with Gasteiger partial charge in [0.25, 0.3) is 0 Å². The van der Waals surface area contributed by atoms with Gasteiger partial charge in [0.1, 0.15) is 11.9 Å². The van der Waals surface area contributed by atoms with Crippen molar-refractivity contribution in [3.8, 4) is 0 Å². The Hall–Kier alpha value is -1.36. The smallest absolute Gasteiger partial charge is 0.323 e. The minimum absolute atomic E-state index is 0.221. The van der Waals surface area contributed by atoms with Crippen molar-refractivity contribution in [1.29, 1.82) is 0 Å². The highest BCUT2D eigenvalue weighted by atomic mass is 16.5. The summed E-state index contributed by atoms with van der Waals surface area (Å²) in [7, 11) is 1.41. The van der Waals surface area contributed by atoms with Crippen molar-refractivity contribution < 1.29 is 9.53 Å². The third-order valence-electron chi connectivity index (χ3n) is 2.71. The lowest BCUT2D eigenvalue weighted by atomic mass is 9.99. The SMILES string of the molecule is CCC(C)C(NCc1ncc[nH]1)C(=O)OC. The van der Waals surface area contributed by atoms with Gasteiger partial charge in [-0.15, -0.1) is 0 Å². The van der Waals surface area contributed by atoms with Crippen LogP contribution >= 0.6 is 0 Å². The van der Waals surface area contributed by atoms with E-state index < -0.39 is 0 Å². The first kappa shape index (κ1) is 12.7. The van der Waals surface area contributed by atoms with Crippen molar-refractivity contribution in [1.82, 2.24) is 15.3 Å². The predicted octanol–water partition coefficient (Wildman–Crippen LogP) is 1.09. The Morgan fingerprint density at radius 1 is 1.69 bits per heavy atom. The quantitative estimate of drug-likeness (QED) is 0.711. The molecule has 1 aromatic heterocycles. The van der Waals surface area contributed by atoms with E-state index in [0.29, 0.717) is 6.54 Å². The van der Waals surface area contributed by atoms with E-state index in [1.165, 1.54) is 7.11 Å². The maximum absolute atomic E-state index is 11.6. The van der Waals surface area contributed by atoms with Crippen LogP contribution in [0, 0.1) is 5.92 Å². The van der Waals surface area contributed by atoms with Gasteiger partial charge in [0, 0.05) is 12.4 Å². The normalized spacial score (nSPS) is 14.4. The number of nitrogens with zero attached hydrogens (tertiary/aromatic N) is 1. The summed E-state index contributed by atoms with van der Waals surface area (Å²) >= 11 is 0. The van der Waals surface area contributed by atoms with Crippen LogP contribution in [0.5, 0.6) is 0 Å². The number of H-pyrrole nitrogens is 1. The zero-order valence-electron chi connectivity index (χ0n) is 9.99. The largest absolute Gasteiger partial charge is 0.468 e. The topological polar surface area (TPSA) is 67.0 Å². The van der Waals surface area contributed by atoms with Gasteiger partial charge in [0.15, 0.2) is 0 Å². The van der Waals surface area contributed by atoms with E-state index in [-0.39, 0.29) is 17.9 Å². The minimum atomic E-state index is -0.278. The number of ether oxygens (including phenoxy) is 1. The number of imidazole rings is 1. The fourth-order valence-corrected chi connectivity index (χ4v) is 1.48. The molecule has 16 heavy (non-hydrogen) atoms. The van der Waals surface area contributed by atoms with Gasteiger partial charge in [-0.1, -0.05) is 20.3 Å². The number of carbonyl (C=O) groups is 1. The monoisotopic (exact) mass is 225 g/mol. The number of methoxy groups -OCH3 is 1. The summed E-state index contributed by atoms with van der Waals surface area (Å²) in [6.45, 7) is 4.61. The third-order valence-corrected chi connectivity index (χ3v) is 2.71. The molecule has 0 aromatic carbocycles. The number of aromatic nitrogens is 2. The molecule has 0 amide bonds. The van der Waals surface area contributed by atoms with Crippen molar-refractivity contribution >= 4 is 5.97 Å². The molecule has 0 aliphatic rings. The van der Waals surface area contributed by atoms with Gasteiger partial charge in [-0.3, -0.25) is 10.1 Å². The number of hydrogen-bond donors (Lipinski definition) is 2. The molecule has 1 rings (SSSR count). The molecule has 0 fully saturated rings. The van der Waals surface area contributed by atoms with E-state index in [1.54, 1.807) is 12.4 Å². The zero-order chi connectivity index (χ0) is 12.0. The van der Waals surface area contributed by atoms with Crippen molar-refractivity contribution in [2.45, 2.75) is 32.9 Å². The van der Waals surface area contributed by atoms with E-state index >= 15 is 0 Å². The van der Waals surface area contributed by atoms with Crippen LogP contribution in [-0.4, -0.2) is 29.1 Å². The molecule has 1 aromatic rings. The molecular weight excluding hydrogens is 206 g/mol. The molecule has 0 aliphatic carbocycles. The van der Waals surface area contributed by atoms with Crippen LogP contribution < -0.4 is 5.32 Å². The first-order valence-electron chi connectivity index (χ1n) is 5.48. The van der Waals surface area contributed by atoms with Crippen LogP contribution in [0.15, 0.2) is 12.4 Å². The maximum atomic E-state index is 11.6. The van der Waals surface area contributed by atoms with E-state index in [1.807, 2.05) is 6.92 Å². The second kappa shape index (κ2) is 6.27. The van der Waals surface area contributed by atoms with Gasteiger partial charge in [-0.05, 0) is 5.92 Å². The average molecular weight is 225 g/mol. The molecule has 0 saturated heterocycles. The van der Waals surface area contributed by atoms with Gasteiger partial charge < -0.3 is 9.72 Å². The van der Waals surface area contributed by atoms with E-state index in [9.17, 15) is 4.79 Å². The summed E-state index contributed by atoms with van der Waals surface area (Å²) in [5, 5.41) is 3.16. The summed E-state index contributed by atoms with van der Waals surface area (Å²) in [6, 6.07) is -0.278. The van der Waals surface area contributed by atoms with Crippen molar-refractivity contribution in [2.24, 2.45) is 5.92 Å². The zero-order valence-corrected chi connectivity index (χ0v) is 9.99. The van der Waals surface area contributed by atoms with Crippen molar-refractivity contribution in [2.75, 3.05) is 7.11 Å². The first-order valence-corrected chi connectivity index (χ1v) is 5.48. The van der Waals surface area contributed by atoms with Gasteiger partial charge in [0.05, 0.1) is 13.7 Å². The van der Waals surface area contributed by atoms with E-state index in [0.717, 1.165) is 12.2 Å². The minimum Gasteiger partial charge on any atom is -0.468 e. The molecular formula is C11H19N3O2. The van der Waals surface area contributed by atoms with Crippen LogP contribution in [0.4, 0.5) is 0 Å². The number of carbonyl (C=O) groups excluding carboxylic acids is 1. The maximum Gasteiger partial charge on any atom is 0.323 e. The highest BCUT2D eigenvalue weighted by Crippen LogP contribution is 2.09. The second-order valence-electron chi connectivity index (χ2n) is 3.80. The molecule has 2 atom stereocenters. The average Bonchev–Trinajstić information content (AvgIpc) is 2.81. The molecule has 2 N–H and O–H groups in total. The molecule has 0 radical (unpaired) electrons. The van der Waals surface area contributed by atoms with E-state index in [4.69, 9.17) is 4.74 Å². The standard InChI is InChI=1S/C11H19N3O2/c1-4-8(2)10(11(15)16-3)14-7-9-12-5-6-13-9/h5-6,8,10,14H,4,7H2,1-3H3,(H,12,13). The Kier molecular flexibility index (Phi) is 4.98. The highest BCUT2D eigenvalue weighted by molar-refractivity contribution is 5.75. The molecule has 1 heterocycles. The Morgan fingerprint density at radius 2 is 2.44 bits per heavy atom. The summed E-state index contributed by atoms with van der Waals surface area (Å²) in [5.74, 6) is 0.834. The van der Waals surface area contributed by atoms with Crippen molar-refractivity contribution in [3.63, 3.8) is 0 Å². The summed E-state index contributed by atoms with van der Waals surface area (Å²) in [6.07, 6.45) is 4.37.